The van der Waals surface area contributed by atoms with E-state index < -0.39 is 6.04 Å². The van der Waals surface area contributed by atoms with E-state index >= 15 is 0 Å². The van der Waals surface area contributed by atoms with Gasteiger partial charge in [-0.1, -0.05) is 0 Å². The third-order valence-electron chi connectivity index (χ3n) is 3.28. The van der Waals surface area contributed by atoms with Crippen LogP contribution in [-0.4, -0.2) is 60.6 Å². The van der Waals surface area contributed by atoms with Gasteiger partial charge in [-0.25, -0.2) is 4.79 Å². The Morgan fingerprint density at radius 1 is 1.44 bits per heavy atom. The van der Waals surface area contributed by atoms with Gasteiger partial charge in [-0.2, -0.15) is 0 Å². The first kappa shape index (κ1) is 14.8. The van der Waals surface area contributed by atoms with Crippen molar-refractivity contribution in [2.24, 2.45) is 5.73 Å². The lowest BCUT2D eigenvalue weighted by atomic mass is 10.0. The van der Waals surface area contributed by atoms with Crippen molar-refractivity contribution in [3.05, 3.63) is 0 Å². The number of likely N-dealkylation sites (tertiary alicyclic amines) is 1. The molecule has 1 heterocycles. The Balaban J connectivity index is 2.44. The van der Waals surface area contributed by atoms with Gasteiger partial charge in [-0.3, -0.25) is 4.79 Å². The van der Waals surface area contributed by atoms with Crippen molar-refractivity contribution in [1.82, 2.24) is 9.80 Å². The molecule has 6 heteroatoms. The van der Waals surface area contributed by atoms with E-state index in [1.54, 1.807) is 30.7 Å². The summed E-state index contributed by atoms with van der Waals surface area (Å²) < 4.78 is 4.95. The van der Waals surface area contributed by atoms with Crippen LogP contribution >= 0.6 is 0 Å². The van der Waals surface area contributed by atoms with Gasteiger partial charge in [0.1, 0.15) is 0 Å². The number of nitrogens with two attached hydrogens (primary N) is 1. The standard InChI is InChI=1S/C12H23N3O3/c1-4-18-12(17)15-7-5-10(6-8-15)14(3)11(16)9(2)13/h9-10H,4-8,13H2,1-3H3/t9-/m0/s1. The maximum atomic E-state index is 11.8. The van der Waals surface area contributed by atoms with Gasteiger partial charge >= 0.3 is 6.09 Å². The Bertz CT molecular complexity index is 299. The van der Waals surface area contributed by atoms with Crippen LogP contribution in [0.1, 0.15) is 26.7 Å². The van der Waals surface area contributed by atoms with Gasteiger partial charge in [0.25, 0.3) is 0 Å². The zero-order chi connectivity index (χ0) is 13.7. The SMILES string of the molecule is CCOC(=O)N1CCC(N(C)C(=O)[C@H](C)N)CC1. The van der Waals surface area contributed by atoms with E-state index in [0.29, 0.717) is 19.7 Å². The largest absolute Gasteiger partial charge is 0.450 e. The summed E-state index contributed by atoms with van der Waals surface area (Å²) in [5, 5.41) is 0. The Morgan fingerprint density at radius 3 is 2.44 bits per heavy atom. The molecule has 0 aromatic carbocycles. The number of nitrogens with zero attached hydrogens (tertiary/aromatic N) is 2. The Morgan fingerprint density at radius 2 is 2.00 bits per heavy atom. The van der Waals surface area contributed by atoms with Crippen LogP contribution in [0.2, 0.25) is 0 Å². The molecule has 2 N–H and O–H groups in total. The van der Waals surface area contributed by atoms with Crippen molar-refractivity contribution < 1.29 is 14.3 Å². The first-order valence-corrected chi connectivity index (χ1v) is 6.41. The number of carbonyl (C=O) groups is 2. The summed E-state index contributed by atoms with van der Waals surface area (Å²) in [6.07, 6.45) is 1.28. The Labute approximate surface area is 108 Å². The smallest absolute Gasteiger partial charge is 0.409 e. The van der Waals surface area contributed by atoms with Crippen molar-refractivity contribution in [2.75, 3.05) is 26.7 Å². The van der Waals surface area contributed by atoms with Crippen molar-refractivity contribution in [3.8, 4) is 0 Å². The monoisotopic (exact) mass is 257 g/mol. The molecule has 104 valence electrons. The van der Waals surface area contributed by atoms with Gasteiger partial charge in [0, 0.05) is 26.2 Å². The summed E-state index contributed by atoms with van der Waals surface area (Å²) in [7, 11) is 1.77. The quantitative estimate of drug-likeness (QED) is 0.794. The van der Waals surface area contributed by atoms with Crippen LogP contribution in [-0.2, 0) is 9.53 Å². The highest BCUT2D eigenvalue weighted by molar-refractivity contribution is 5.81. The fourth-order valence-electron chi connectivity index (χ4n) is 2.15. The van der Waals surface area contributed by atoms with Gasteiger partial charge in [0.15, 0.2) is 0 Å². The molecule has 0 aliphatic carbocycles. The van der Waals surface area contributed by atoms with Crippen molar-refractivity contribution in [1.29, 1.82) is 0 Å². The number of hydrogen-bond donors (Lipinski definition) is 1. The molecular formula is C12H23N3O3. The first-order chi connectivity index (χ1) is 8.47. The van der Waals surface area contributed by atoms with E-state index in [9.17, 15) is 9.59 Å². The maximum Gasteiger partial charge on any atom is 0.409 e. The van der Waals surface area contributed by atoms with Crippen molar-refractivity contribution >= 4 is 12.0 Å². The number of ether oxygens (including phenoxy) is 1. The normalized spacial score (nSPS) is 18.3. The lowest BCUT2D eigenvalue weighted by Crippen LogP contribution is -2.50. The second-order valence-electron chi connectivity index (χ2n) is 4.65. The minimum atomic E-state index is -0.474. The fraction of sp³-hybridized carbons (Fsp3) is 0.833. The van der Waals surface area contributed by atoms with Gasteiger partial charge in [-0.15, -0.1) is 0 Å². The van der Waals surface area contributed by atoms with Gasteiger partial charge in [0.05, 0.1) is 12.6 Å². The molecule has 1 fully saturated rings. The van der Waals surface area contributed by atoms with Crippen LogP contribution in [0.5, 0.6) is 0 Å². The van der Waals surface area contributed by atoms with E-state index in [1.807, 2.05) is 0 Å². The Kier molecular flexibility index (Phi) is 5.40. The highest BCUT2D eigenvalue weighted by Crippen LogP contribution is 2.16. The van der Waals surface area contributed by atoms with E-state index in [1.165, 1.54) is 0 Å². The molecule has 0 aromatic rings. The van der Waals surface area contributed by atoms with E-state index in [4.69, 9.17) is 10.5 Å². The number of rotatable bonds is 3. The molecule has 6 nitrogen and oxygen atoms in total. The second-order valence-corrected chi connectivity index (χ2v) is 4.65. The summed E-state index contributed by atoms with van der Waals surface area (Å²) in [6.45, 7) is 5.12. The zero-order valence-corrected chi connectivity index (χ0v) is 11.4. The number of carbonyl (C=O) groups excluding carboxylic acids is 2. The predicted octanol–water partition coefficient (Wildman–Crippen LogP) is 0.413. The van der Waals surface area contributed by atoms with Crippen LogP contribution in [0, 0.1) is 0 Å². The minimum absolute atomic E-state index is 0.0513. The molecule has 0 unspecified atom stereocenters. The van der Waals surface area contributed by atoms with Crippen LogP contribution in [0.4, 0.5) is 4.79 Å². The second kappa shape index (κ2) is 6.58. The molecule has 0 bridgehead atoms. The lowest BCUT2D eigenvalue weighted by Gasteiger charge is -2.36. The molecule has 1 saturated heterocycles. The van der Waals surface area contributed by atoms with E-state index in [0.717, 1.165) is 12.8 Å². The summed E-state index contributed by atoms with van der Waals surface area (Å²) in [6, 6.07) is -0.313. The number of amides is 2. The molecule has 1 aliphatic rings. The Hall–Kier alpha value is -1.30. The topological polar surface area (TPSA) is 75.9 Å². The van der Waals surface area contributed by atoms with E-state index in [2.05, 4.69) is 0 Å². The minimum Gasteiger partial charge on any atom is -0.450 e. The summed E-state index contributed by atoms with van der Waals surface area (Å²) in [4.78, 5) is 26.7. The fourth-order valence-corrected chi connectivity index (χ4v) is 2.15. The molecule has 1 atom stereocenters. The zero-order valence-electron chi connectivity index (χ0n) is 11.4. The van der Waals surface area contributed by atoms with Gasteiger partial charge < -0.3 is 20.3 Å². The summed E-state index contributed by atoms with van der Waals surface area (Å²) in [5.41, 5.74) is 5.58. The molecule has 0 radical (unpaired) electrons. The van der Waals surface area contributed by atoms with E-state index in [-0.39, 0.29) is 18.0 Å². The summed E-state index contributed by atoms with van der Waals surface area (Å²) >= 11 is 0. The van der Waals surface area contributed by atoms with Crippen LogP contribution in [0.25, 0.3) is 0 Å². The number of piperidine rings is 1. The maximum absolute atomic E-state index is 11.8. The van der Waals surface area contributed by atoms with Crippen LogP contribution in [0.15, 0.2) is 0 Å². The molecule has 2 amide bonds. The number of hydrogen-bond acceptors (Lipinski definition) is 4. The molecule has 0 spiro atoms. The van der Waals surface area contributed by atoms with Crippen molar-refractivity contribution in [2.45, 2.75) is 38.8 Å². The van der Waals surface area contributed by atoms with Gasteiger partial charge in [-0.05, 0) is 26.7 Å². The highest BCUT2D eigenvalue weighted by Gasteiger charge is 2.28. The number of likely N-dealkylation sites (N-methyl/N-ethyl adjacent to an activating group) is 1. The van der Waals surface area contributed by atoms with Crippen LogP contribution in [0.3, 0.4) is 0 Å². The molecular weight excluding hydrogens is 234 g/mol. The third kappa shape index (κ3) is 3.60. The molecule has 18 heavy (non-hydrogen) atoms. The van der Waals surface area contributed by atoms with Crippen LogP contribution < -0.4 is 5.73 Å². The summed E-state index contributed by atoms with van der Waals surface area (Å²) in [5.74, 6) is -0.0513. The average Bonchev–Trinajstić information content (AvgIpc) is 2.37. The molecule has 1 rings (SSSR count). The first-order valence-electron chi connectivity index (χ1n) is 6.41. The highest BCUT2D eigenvalue weighted by atomic mass is 16.6. The molecule has 0 aromatic heterocycles. The van der Waals surface area contributed by atoms with Gasteiger partial charge in [0.2, 0.25) is 5.91 Å². The third-order valence-corrected chi connectivity index (χ3v) is 3.28. The lowest BCUT2D eigenvalue weighted by molar-refractivity contribution is -0.133. The molecule has 0 saturated carbocycles. The molecule has 1 aliphatic heterocycles. The van der Waals surface area contributed by atoms with Crippen molar-refractivity contribution in [3.63, 3.8) is 0 Å². The predicted molar refractivity (Wildman–Crippen MR) is 68.0 cm³/mol. The average molecular weight is 257 g/mol.